The molecule has 0 unspecified atom stereocenters. The summed E-state index contributed by atoms with van der Waals surface area (Å²) < 4.78 is 0. The SMILES string of the molecule is CC(=O)c1ccc(-c2ccc(CC(C)C)cc2)c(C)c1. The van der Waals surface area contributed by atoms with E-state index >= 15 is 0 Å². The minimum Gasteiger partial charge on any atom is -0.295 e. The number of Topliss-reactive ketones (excluding diaryl/α,β-unsaturated/α-hetero) is 1. The third-order valence-corrected chi connectivity index (χ3v) is 3.54. The van der Waals surface area contributed by atoms with Gasteiger partial charge in [0.05, 0.1) is 0 Å². The molecule has 1 nitrogen and oxygen atoms in total. The van der Waals surface area contributed by atoms with Crippen LogP contribution in [-0.2, 0) is 6.42 Å². The van der Waals surface area contributed by atoms with Crippen LogP contribution in [0.5, 0.6) is 0 Å². The Hall–Kier alpha value is -1.89. The van der Waals surface area contributed by atoms with Crippen LogP contribution in [0.1, 0.15) is 42.3 Å². The van der Waals surface area contributed by atoms with Gasteiger partial charge in [0.25, 0.3) is 0 Å². The van der Waals surface area contributed by atoms with E-state index in [1.807, 2.05) is 18.2 Å². The number of benzene rings is 2. The van der Waals surface area contributed by atoms with Gasteiger partial charge in [-0.05, 0) is 54.5 Å². The van der Waals surface area contributed by atoms with Crippen LogP contribution in [0, 0.1) is 12.8 Å². The monoisotopic (exact) mass is 266 g/mol. The van der Waals surface area contributed by atoms with Crippen LogP contribution in [0.15, 0.2) is 42.5 Å². The molecule has 0 radical (unpaired) electrons. The molecule has 2 aromatic carbocycles. The highest BCUT2D eigenvalue weighted by Gasteiger charge is 2.06. The zero-order chi connectivity index (χ0) is 14.7. The van der Waals surface area contributed by atoms with Crippen molar-refractivity contribution in [2.24, 2.45) is 5.92 Å². The maximum atomic E-state index is 11.4. The van der Waals surface area contributed by atoms with Crippen LogP contribution in [0.25, 0.3) is 11.1 Å². The molecule has 0 bridgehead atoms. The maximum absolute atomic E-state index is 11.4. The van der Waals surface area contributed by atoms with E-state index in [0.29, 0.717) is 5.92 Å². The van der Waals surface area contributed by atoms with Gasteiger partial charge in [0, 0.05) is 5.56 Å². The molecule has 2 aromatic rings. The van der Waals surface area contributed by atoms with Crippen molar-refractivity contribution in [1.29, 1.82) is 0 Å². The Morgan fingerprint density at radius 1 is 1.05 bits per heavy atom. The fourth-order valence-electron chi connectivity index (χ4n) is 2.50. The summed E-state index contributed by atoms with van der Waals surface area (Å²) in [4.78, 5) is 11.4. The van der Waals surface area contributed by atoms with E-state index in [-0.39, 0.29) is 5.78 Å². The van der Waals surface area contributed by atoms with Gasteiger partial charge in [-0.2, -0.15) is 0 Å². The molecule has 0 aliphatic heterocycles. The lowest BCUT2D eigenvalue weighted by molar-refractivity contribution is 0.101. The summed E-state index contributed by atoms with van der Waals surface area (Å²) in [5.41, 5.74) is 5.72. The summed E-state index contributed by atoms with van der Waals surface area (Å²) in [5, 5.41) is 0. The Bertz CT molecular complexity index is 606. The lowest BCUT2D eigenvalue weighted by atomic mass is 9.95. The highest BCUT2D eigenvalue weighted by molar-refractivity contribution is 5.95. The van der Waals surface area contributed by atoms with Crippen molar-refractivity contribution in [3.8, 4) is 11.1 Å². The highest BCUT2D eigenvalue weighted by atomic mass is 16.1. The summed E-state index contributed by atoms with van der Waals surface area (Å²) in [7, 11) is 0. The van der Waals surface area contributed by atoms with E-state index in [0.717, 1.165) is 17.5 Å². The fraction of sp³-hybridized carbons (Fsp3) is 0.316. The molecule has 0 saturated heterocycles. The number of aryl methyl sites for hydroxylation is 1. The Morgan fingerprint density at radius 3 is 2.20 bits per heavy atom. The molecule has 0 aromatic heterocycles. The standard InChI is InChI=1S/C19H22O/c1-13(2)11-16-5-7-17(8-6-16)19-10-9-18(15(4)20)12-14(19)3/h5-10,12-13H,11H2,1-4H3. The van der Waals surface area contributed by atoms with Gasteiger partial charge in [-0.15, -0.1) is 0 Å². The summed E-state index contributed by atoms with van der Waals surface area (Å²) >= 11 is 0. The van der Waals surface area contributed by atoms with Crippen LogP contribution in [0.3, 0.4) is 0 Å². The molecule has 0 saturated carbocycles. The van der Waals surface area contributed by atoms with Crippen molar-refractivity contribution >= 4 is 5.78 Å². The van der Waals surface area contributed by atoms with E-state index in [9.17, 15) is 4.79 Å². The van der Waals surface area contributed by atoms with Gasteiger partial charge in [0.1, 0.15) is 0 Å². The second kappa shape index (κ2) is 6.04. The van der Waals surface area contributed by atoms with E-state index in [1.54, 1.807) is 6.92 Å². The largest absolute Gasteiger partial charge is 0.295 e. The van der Waals surface area contributed by atoms with Crippen LogP contribution in [0.2, 0.25) is 0 Å². The van der Waals surface area contributed by atoms with Gasteiger partial charge in [-0.3, -0.25) is 4.79 Å². The molecule has 0 N–H and O–H groups in total. The van der Waals surface area contributed by atoms with E-state index < -0.39 is 0 Å². The van der Waals surface area contributed by atoms with Crippen molar-refractivity contribution in [2.75, 3.05) is 0 Å². The van der Waals surface area contributed by atoms with Gasteiger partial charge in [0.2, 0.25) is 0 Å². The van der Waals surface area contributed by atoms with Gasteiger partial charge in [0.15, 0.2) is 5.78 Å². The molecule has 0 heterocycles. The van der Waals surface area contributed by atoms with Crippen molar-refractivity contribution < 1.29 is 4.79 Å². The number of carbonyl (C=O) groups is 1. The van der Waals surface area contributed by atoms with Crippen molar-refractivity contribution in [2.45, 2.75) is 34.1 Å². The van der Waals surface area contributed by atoms with Crippen LogP contribution < -0.4 is 0 Å². The number of carbonyl (C=O) groups excluding carboxylic acids is 1. The first-order valence-electron chi connectivity index (χ1n) is 7.18. The predicted molar refractivity (Wildman–Crippen MR) is 85.2 cm³/mol. The Morgan fingerprint density at radius 2 is 1.70 bits per heavy atom. The van der Waals surface area contributed by atoms with Crippen molar-refractivity contribution in [3.05, 3.63) is 59.2 Å². The third kappa shape index (κ3) is 3.36. The average molecular weight is 266 g/mol. The normalized spacial score (nSPS) is 10.8. The highest BCUT2D eigenvalue weighted by Crippen LogP contribution is 2.25. The molecule has 0 aliphatic carbocycles. The molecule has 20 heavy (non-hydrogen) atoms. The Labute approximate surface area is 121 Å². The second-order valence-electron chi connectivity index (χ2n) is 5.88. The molecular formula is C19H22O. The van der Waals surface area contributed by atoms with Gasteiger partial charge >= 0.3 is 0 Å². The van der Waals surface area contributed by atoms with E-state index in [2.05, 4.69) is 45.0 Å². The number of hydrogen-bond donors (Lipinski definition) is 0. The van der Waals surface area contributed by atoms with Crippen molar-refractivity contribution in [1.82, 2.24) is 0 Å². The van der Waals surface area contributed by atoms with Crippen LogP contribution >= 0.6 is 0 Å². The smallest absolute Gasteiger partial charge is 0.159 e. The average Bonchev–Trinajstić information content (AvgIpc) is 2.39. The van der Waals surface area contributed by atoms with Gasteiger partial charge in [-0.25, -0.2) is 0 Å². The van der Waals surface area contributed by atoms with E-state index in [4.69, 9.17) is 0 Å². The molecule has 1 heteroatoms. The van der Waals surface area contributed by atoms with Crippen molar-refractivity contribution in [3.63, 3.8) is 0 Å². The fourth-order valence-corrected chi connectivity index (χ4v) is 2.50. The number of hydrogen-bond acceptors (Lipinski definition) is 1. The van der Waals surface area contributed by atoms with Gasteiger partial charge < -0.3 is 0 Å². The molecule has 0 aliphatic rings. The van der Waals surface area contributed by atoms with Gasteiger partial charge in [-0.1, -0.05) is 50.2 Å². The molecular weight excluding hydrogens is 244 g/mol. The minimum absolute atomic E-state index is 0.118. The molecule has 0 amide bonds. The van der Waals surface area contributed by atoms with Crippen LogP contribution in [0.4, 0.5) is 0 Å². The first-order chi connectivity index (χ1) is 9.47. The zero-order valence-electron chi connectivity index (χ0n) is 12.7. The summed E-state index contributed by atoms with van der Waals surface area (Å²) in [5.74, 6) is 0.796. The number of ketones is 1. The molecule has 0 fully saturated rings. The first-order valence-corrected chi connectivity index (χ1v) is 7.18. The second-order valence-corrected chi connectivity index (χ2v) is 5.88. The number of rotatable bonds is 4. The Balaban J connectivity index is 2.30. The van der Waals surface area contributed by atoms with Crippen LogP contribution in [-0.4, -0.2) is 5.78 Å². The lowest BCUT2D eigenvalue weighted by Crippen LogP contribution is -1.95. The third-order valence-electron chi connectivity index (χ3n) is 3.54. The molecule has 104 valence electrons. The summed E-state index contributed by atoms with van der Waals surface area (Å²) in [6, 6.07) is 14.7. The quantitative estimate of drug-likeness (QED) is 0.707. The predicted octanol–water partition coefficient (Wildman–Crippen LogP) is 5.06. The molecule has 2 rings (SSSR count). The lowest BCUT2D eigenvalue weighted by Gasteiger charge is -2.10. The maximum Gasteiger partial charge on any atom is 0.159 e. The van der Waals surface area contributed by atoms with E-state index in [1.165, 1.54) is 16.7 Å². The Kier molecular flexibility index (Phi) is 4.39. The summed E-state index contributed by atoms with van der Waals surface area (Å²) in [6.07, 6.45) is 1.11. The molecule has 0 atom stereocenters. The minimum atomic E-state index is 0.118. The topological polar surface area (TPSA) is 17.1 Å². The molecule has 0 spiro atoms. The summed E-state index contributed by atoms with van der Waals surface area (Å²) in [6.45, 7) is 8.13. The zero-order valence-corrected chi connectivity index (χ0v) is 12.7. The first kappa shape index (κ1) is 14.5.